The molecule has 0 aliphatic heterocycles. The lowest BCUT2D eigenvalue weighted by Crippen LogP contribution is -2.12. The second kappa shape index (κ2) is 6.45. The van der Waals surface area contributed by atoms with Crippen molar-refractivity contribution >= 4 is 17.7 Å². The number of hydrogen-bond donors (Lipinski definition) is 1. The summed E-state index contributed by atoms with van der Waals surface area (Å²) in [7, 11) is 0. The molecule has 0 fully saturated rings. The van der Waals surface area contributed by atoms with Gasteiger partial charge in [0.05, 0.1) is 5.92 Å². The van der Waals surface area contributed by atoms with Gasteiger partial charge in [0.15, 0.2) is 0 Å². The molecule has 1 rings (SSSR count). The Morgan fingerprint density at radius 3 is 3.00 bits per heavy atom. The van der Waals surface area contributed by atoms with E-state index in [0.717, 1.165) is 17.9 Å². The highest BCUT2D eigenvalue weighted by Gasteiger charge is 2.09. The van der Waals surface area contributed by atoms with Crippen molar-refractivity contribution in [1.29, 1.82) is 0 Å². The number of carboxylic acids is 1. The van der Waals surface area contributed by atoms with Gasteiger partial charge in [-0.2, -0.15) is 11.8 Å². The highest BCUT2D eigenvalue weighted by Crippen LogP contribution is 2.10. The summed E-state index contributed by atoms with van der Waals surface area (Å²) >= 11 is 1.66. The Morgan fingerprint density at radius 2 is 2.40 bits per heavy atom. The second-order valence-electron chi connectivity index (χ2n) is 3.39. The fraction of sp³-hybridized carbons (Fsp3) is 0.455. The second-order valence-corrected chi connectivity index (χ2v) is 4.54. The number of aryl methyl sites for hydroxylation is 1. The molecule has 1 heterocycles. The summed E-state index contributed by atoms with van der Waals surface area (Å²) < 4.78 is 0. The zero-order valence-electron chi connectivity index (χ0n) is 8.72. The van der Waals surface area contributed by atoms with Crippen molar-refractivity contribution in [3.63, 3.8) is 0 Å². The minimum atomic E-state index is -0.722. The molecule has 0 aromatic carbocycles. The van der Waals surface area contributed by atoms with Crippen LogP contribution in [0.3, 0.4) is 0 Å². The summed E-state index contributed by atoms with van der Waals surface area (Å²) in [6.07, 6.45) is 2.68. The highest BCUT2D eigenvalue weighted by atomic mass is 32.2. The zero-order chi connectivity index (χ0) is 11.1. The molecule has 0 saturated heterocycles. The molecule has 82 valence electrons. The molecule has 3 nitrogen and oxygen atoms in total. The van der Waals surface area contributed by atoms with E-state index in [1.54, 1.807) is 24.9 Å². The standard InChI is InChI=1S/C11H15NO2S/c1-9(11(13)14)8-15-7-5-10-4-2-3-6-12-10/h2-4,6,9H,5,7-8H2,1H3,(H,13,14). The van der Waals surface area contributed by atoms with E-state index in [1.165, 1.54) is 0 Å². The van der Waals surface area contributed by atoms with Crippen LogP contribution in [-0.2, 0) is 11.2 Å². The number of nitrogens with zero attached hydrogens (tertiary/aromatic N) is 1. The van der Waals surface area contributed by atoms with Crippen LogP contribution in [0.4, 0.5) is 0 Å². The highest BCUT2D eigenvalue weighted by molar-refractivity contribution is 7.99. The van der Waals surface area contributed by atoms with Gasteiger partial charge < -0.3 is 5.11 Å². The molecule has 0 spiro atoms. The number of aromatic nitrogens is 1. The van der Waals surface area contributed by atoms with Crippen LogP contribution in [0.1, 0.15) is 12.6 Å². The molecule has 0 aliphatic rings. The maximum atomic E-state index is 10.5. The molecule has 1 atom stereocenters. The Morgan fingerprint density at radius 1 is 1.60 bits per heavy atom. The number of pyridine rings is 1. The van der Waals surface area contributed by atoms with Gasteiger partial charge in [-0.25, -0.2) is 0 Å². The lowest BCUT2D eigenvalue weighted by Gasteiger charge is -2.05. The molecule has 1 N–H and O–H groups in total. The van der Waals surface area contributed by atoms with Crippen LogP contribution < -0.4 is 0 Å². The minimum absolute atomic E-state index is 0.265. The lowest BCUT2D eigenvalue weighted by molar-refractivity contribution is -0.140. The normalized spacial score (nSPS) is 12.3. The zero-order valence-corrected chi connectivity index (χ0v) is 9.54. The van der Waals surface area contributed by atoms with Crippen molar-refractivity contribution in [2.45, 2.75) is 13.3 Å². The molecule has 1 aromatic heterocycles. The number of carbonyl (C=O) groups is 1. The van der Waals surface area contributed by atoms with E-state index in [2.05, 4.69) is 4.98 Å². The average Bonchev–Trinajstić information content (AvgIpc) is 2.25. The van der Waals surface area contributed by atoms with Crippen LogP contribution in [0.2, 0.25) is 0 Å². The Balaban J connectivity index is 2.15. The first-order chi connectivity index (χ1) is 7.20. The van der Waals surface area contributed by atoms with Crippen molar-refractivity contribution in [3.05, 3.63) is 30.1 Å². The largest absolute Gasteiger partial charge is 0.481 e. The van der Waals surface area contributed by atoms with Gasteiger partial charge in [-0.15, -0.1) is 0 Å². The molecule has 1 unspecified atom stereocenters. The van der Waals surface area contributed by atoms with E-state index in [0.29, 0.717) is 5.75 Å². The molecule has 0 bridgehead atoms. The van der Waals surface area contributed by atoms with Crippen molar-refractivity contribution in [2.75, 3.05) is 11.5 Å². The average molecular weight is 225 g/mol. The Labute approximate surface area is 93.9 Å². The fourth-order valence-electron chi connectivity index (χ4n) is 1.05. The van der Waals surface area contributed by atoms with E-state index in [9.17, 15) is 4.79 Å². The van der Waals surface area contributed by atoms with Crippen LogP contribution in [0.15, 0.2) is 24.4 Å². The molecular formula is C11H15NO2S. The third-order valence-corrected chi connectivity index (χ3v) is 3.25. The van der Waals surface area contributed by atoms with E-state index in [1.807, 2.05) is 18.2 Å². The van der Waals surface area contributed by atoms with Gasteiger partial charge in [0.1, 0.15) is 0 Å². The predicted molar refractivity (Wildman–Crippen MR) is 62.1 cm³/mol. The van der Waals surface area contributed by atoms with Crippen LogP contribution >= 0.6 is 11.8 Å². The van der Waals surface area contributed by atoms with Crippen molar-refractivity contribution < 1.29 is 9.90 Å². The number of carboxylic acid groups (broad SMARTS) is 1. The van der Waals surface area contributed by atoms with E-state index in [4.69, 9.17) is 5.11 Å². The third kappa shape index (κ3) is 4.83. The Hall–Kier alpha value is -1.03. The lowest BCUT2D eigenvalue weighted by atomic mass is 10.2. The van der Waals surface area contributed by atoms with Crippen LogP contribution in [0.5, 0.6) is 0 Å². The van der Waals surface area contributed by atoms with Gasteiger partial charge in [0, 0.05) is 17.6 Å². The number of hydrogen-bond acceptors (Lipinski definition) is 3. The van der Waals surface area contributed by atoms with Gasteiger partial charge >= 0.3 is 5.97 Å². The number of aliphatic carboxylic acids is 1. The maximum absolute atomic E-state index is 10.5. The van der Waals surface area contributed by atoms with E-state index in [-0.39, 0.29) is 5.92 Å². The topological polar surface area (TPSA) is 50.2 Å². The fourth-order valence-corrected chi connectivity index (χ4v) is 2.07. The SMILES string of the molecule is CC(CSCCc1ccccn1)C(=O)O. The van der Waals surface area contributed by atoms with E-state index < -0.39 is 5.97 Å². The first kappa shape index (κ1) is 12.0. The molecule has 0 radical (unpaired) electrons. The summed E-state index contributed by atoms with van der Waals surface area (Å²) in [6, 6.07) is 5.84. The van der Waals surface area contributed by atoms with Crippen molar-refractivity contribution in [3.8, 4) is 0 Å². The van der Waals surface area contributed by atoms with Crippen molar-refractivity contribution in [1.82, 2.24) is 4.98 Å². The van der Waals surface area contributed by atoms with Gasteiger partial charge in [-0.1, -0.05) is 13.0 Å². The predicted octanol–water partition coefficient (Wildman–Crippen LogP) is 2.08. The monoisotopic (exact) mass is 225 g/mol. The minimum Gasteiger partial charge on any atom is -0.481 e. The number of rotatable bonds is 6. The quantitative estimate of drug-likeness (QED) is 0.753. The van der Waals surface area contributed by atoms with Crippen LogP contribution in [0, 0.1) is 5.92 Å². The maximum Gasteiger partial charge on any atom is 0.307 e. The summed E-state index contributed by atoms with van der Waals surface area (Å²) in [5, 5.41) is 8.67. The smallest absolute Gasteiger partial charge is 0.307 e. The van der Waals surface area contributed by atoms with E-state index >= 15 is 0 Å². The Kier molecular flexibility index (Phi) is 5.18. The summed E-state index contributed by atoms with van der Waals surface area (Å²) in [6.45, 7) is 1.73. The molecule has 15 heavy (non-hydrogen) atoms. The molecule has 1 aromatic rings. The third-order valence-electron chi connectivity index (χ3n) is 2.02. The summed E-state index contributed by atoms with van der Waals surface area (Å²) in [5.74, 6) is 0.607. The molecule has 0 amide bonds. The first-order valence-corrected chi connectivity index (χ1v) is 6.06. The van der Waals surface area contributed by atoms with Gasteiger partial charge in [0.25, 0.3) is 0 Å². The first-order valence-electron chi connectivity index (χ1n) is 4.90. The summed E-state index contributed by atoms with van der Waals surface area (Å²) in [4.78, 5) is 14.7. The van der Waals surface area contributed by atoms with Gasteiger partial charge in [0.2, 0.25) is 0 Å². The van der Waals surface area contributed by atoms with Gasteiger partial charge in [-0.05, 0) is 24.3 Å². The van der Waals surface area contributed by atoms with Crippen LogP contribution in [-0.4, -0.2) is 27.6 Å². The number of thioether (sulfide) groups is 1. The molecular weight excluding hydrogens is 210 g/mol. The molecule has 0 aliphatic carbocycles. The Bertz CT molecular complexity index is 303. The van der Waals surface area contributed by atoms with Crippen molar-refractivity contribution in [2.24, 2.45) is 5.92 Å². The van der Waals surface area contributed by atoms with Gasteiger partial charge in [-0.3, -0.25) is 9.78 Å². The molecule has 4 heteroatoms. The molecule has 0 saturated carbocycles. The van der Waals surface area contributed by atoms with Crippen LogP contribution in [0.25, 0.3) is 0 Å². The summed E-state index contributed by atoms with van der Waals surface area (Å²) in [5.41, 5.74) is 1.06.